The quantitative estimate of drug-likeness (QED) is 0.559. The Morgan fingerprint density at radius 3 is 2.63 bits per heavy atom. The van der Waals surface area contributed by atoms with Crippen LogP contribution in [0.15, 0.2) is 35.6 Å². The van der Waals surface area contributed by atoms with Crippen molar-refractivity contribution in [3.8, 4) is 17.1 Å². The van der Waals surface area contributed by atoms with Gasteiger partial charge in [0.2, 0.25) is 5.91 Å². The van der Waals surface area contributed by atoms with E-state index in [2.05, 4.69) is 15.0 Å². The van der Waals surface area contributed by atoms with E-state index in [1.54, 1.807) is 30.6 Å². The minimum atomic E-state index is -0.354. The summed E-state index contributed by atoms with van der Waals surface area (Å²) in [5, 5.41) is 0. The lowest BCUT2D eigenvalue weighted by Gasteiger charge is -2.31. The van der Waals surface area contributed by atoms with Gasteiger partial charge in [-0.3, -0.25) is 9.79 Å². The minimum absolute atomic E-state index is 0.184. The van der Waals surface area contributed by atoms with Gasteiger partial charge in [-0.1, -0.05) is 18.2 Å². The fourth-order valence-corrected chi connectivity index (χ4v) is 3.71. The van der Waals surface area contributed by atoms with Gasteiger partial charge in [0.25, 0.3) is 0 Å². The Labute approximate surface area is 175 Å². The predicted octanol–water partition coefficient (Wildman–Crippen LogP) is 2.80. The highest BCUT2D eigenvalue weighted by molar-refractivity contribution is 5.81. The minimum Gasteiger partial charge on any atom is -0.463 e. The van der Waals surface area contributed by atoms with Gasteiger partial charge >= 0.3 is 6.01 Å². The molecule has 0 spiro atoms. The smallest absolute Gasteiger partial charge is 0.316 e. The average Bonchev–Trinajstić information content (AvgIpc) is 3.63. The summed E-state index contributed by atoms with van der Waals surface area (Å²) >= 11 is 0. The second-order valence-electron chi connectivity index (χ2n) is 7.88. The Hall–Kier alpha value is -3.03. The maximum absolute atomic E-state index is 14.7. The molecule has 1 saturated carbocycles. The lowest BCUT2D eigenvalue weighted by molar-refractivity contribution is -0.134. The number of amides is 1. The zero-order valence-electron chi connectivity index (χ0n) is 16.8. The van der Waals surface area contributed by atoms with Crippen molar-refractivity contribution in [2.75, 3.05) is 19.7 Å². The molecule has 2 fully saturated rings. The molecular formula is C22H26FN5O2. The van der Waals surface area contributed by atoms with Crippen molar-refractivity contribution in [3.05, 3.63) is 42.0 Å². The fourth-order valence-electron chi connectivity index (χ4n) is 3.71. The summed E-state index contributed by atoms with van der Waals surface area (Å²) in [5.74, 6) is 0.629. The van der Waals surface area contributed by atoms with E-state index in [9.17, 15) is 9.18 Å². The van der Waals surface area contributed by atoms with Gasteiger partial charge in [-0.25, -0.2) is 14.4 Å². The SMILES string of the molecule is NC=NCc1cccc(-c2cnc(OCC3CCN(C(=O)C4CC4)CC3)nc2)c1F. The number of aliphatic imine (C=N–C) groups is 1. The summed E-state index contributed by atoms with van der Waals surface area (Å²) in [5.41, 5.74) is 6.69. The van der Waals surface area contributed by atoms with Gasteiger partial charge < -0.3 is 15.4 Å². The molecule has 2 aliphatic rings. The van der Waals surface area contributed by atoms with Crippen LogP contribution in [0.5, 0.6) is 6.01 Å². The number of aromatic nitrogens is 2. The molecule has 1 aliphatic carbocycles. The molecule has 7 nitrogen and oxygen atoms in total. The van der Waals surface area contributed by atoms with Gasteiger partial charge in [0.15, 0.2) is 0 Å². The van der Waals surface area contributed by atoms with Crippen LogP contribution in [-0.2, 0) is 11.3 Å². The highest BCUT2D eigenvalue weighted by Crippen LogP contribution is 2.32. The Balaban J connectivity index is 1.31. The zero-order valence-corrected chi connectivity index (χ0v) is 16.8. The summed E-state index contributed by atoms with van der Waals surface area (Å²) in [6, 6.07) is 5.40. The molecule has 1 amide bonds. The number of likely N-dealkylation sites (tertiary alicyclic amines) is 1. The van der Waals surface area contributed by atoms with Crippen molar-refractivity contribution in [2.24, 2.45) is 22.6 Å². The molecule has 1 aromatic heterocycles. The Bertz CT molecular complexity index is 906. The van der Waals surface area contributed by atoms with Crippen LogP contribution in [0, 0.1) is 17.7 Å². The molecule has 0 bridgehead atoms. The normalized spacial score (nSPS) is 17.4. The van der Waals surface area contributed by atoms with Gasteiger partial charge in [-0.2, -0.15) is 0 Å². The van der Waals surface area contributed by atoms with E-state index < -0.39 is 0 Å². The zero-order chi connectivity index (χ0) is 20.9. The molecule has 0 radical (unpaired) electrons. The van der Waals surface area contributed by atoms with Crippen LogP contribution >= 0.6 is 0 Å². The van der Waals surface area contributed by atoms with E-state index in [1.165, 1.54) is 0 Å². The molecule has 1 aliphatic heterocycles. The third kappa shape index (κ3) is 4.75. The standard InChI is InChI=1S/C22H26FN5O2/c23-20-17(10-25-14-24)2-1-3-19(20)18-11-26-22(27-12-18)30-13-15-6-8-28(9-7-15)21(29)16-4-5-16/h1-3,11-12,14-16H,4-10,13H2,(H2,24,25). The van der Waals surface area contributed by atoms with Crippen LogP contribution in [0.3, 0.4) is 0 Å². The summed E-state index contributed by atoms with van der Waals surface area (Å²) in [6.07, 6.45) is 8.24. The van der Waals surface area contributed by atoms with Crippen molar-refractivity contribution in [2.45, 2.75) is 32.2 Å². The summed E-state index contributed by atoms with van der Waals surface area (Å²) < 4.78 is 20.4. The molecule has 2 heterocycles. The van der Waals surface area contributed by atoms with Gasteiger partial charge in [-0.15, -0.1) is 0 Å². The van der Waals surface area contributed by atoms with E-state index >= 15 is 0 Å². The average molecular weight is 411 g/mol. The van der Waals surface area contributed by atoms with E-state index in [0.29, 0.717) is 35.1 Å². The number of halogens is 1. The molecule has 1 aromatic carbocycles. The first-order valence-corrected chi connectivity index (χ1v) is 10.4. The first kappa shape index (κ1) is 20.3. The second kappa shape index (κ2) is 9.19. The molecule has 158 valence electrons. The van der Waals surface area contributed by atoms with Gasteiger partial charge in [0.1, 0.15) is 5.82 Å². The van der Waals surface area contributed by atoms with Crippen molar-refractivity contribution >= 4 is 12.2 Å². The van der Waals surface area contributed by atoms with E-state index in [-0.39, 0.29) is 24.3 Å². The monoisotopic (exact) mass is 411 g/mol. The number of hydrogen-bond acceptors (Lipinski definition) is 5. The van der Waals surface area contributed by atoms with Crippen LogP contribution in [0.25, 0.3) is 11.1 Å². The summed E-state index contributed by atoms with van der Waals surface area (Å²) in [7, 11) is 0. The van der Waals surface area contributed by atoms with Crippen LogP contribution in [0.1, 0.15) is 31.2 Å². The lowest BCUT2D eigenvalue weighted by atomic mass is 9.97. The van der Waals surface area contributed by atoms with E-state index in [1.807, 2.05) is 4.90 Å². The molecule has 0 atom stereocenters. The Morgan fingerprint density at radius 1 is 1.23 bits per heavy atom. The summed E-state index contributed by atoms with van der Waals surface area (Å²) in [6.45, 7) is 2.30. The highest BCUT2D eigenvalue weighted by Gasteiger charge is 2.34. The van der Waals surface area contributed by atoms with Crippen molar-refractivity contribution < 1.29 is 13.9 Å². The predicted molar refractivity (Wildman–Crippen MR) is 111 cm³/mol. The van der Waals surface area contributed by atoms with Crippen LogP contribution in [0.2, 0.25) is 0 Å². The topological polar surface area (TPSA) is 93.7 Å². The number of piperidine rings is 1. The number of benzene rings is 1. The molecule has 4 rings (SSSR count). The van der Waals surface area contributed by atoms with Crippen LogP contribution in [0.4, 0.5) is 4.39 Å². The number of rotatable bonds is 7. The number of carbonyl (C=O) groups is 1. The fraction of sp³-hybridized carbons (Fsp3) is 0.455. The molecule has 8 heteroatoms. The van der Waals surface area contributed by atoms with Gasteiger partial charge in [0.05, 0.1) is 19.5 Å². The molecule has 30 heavy (non-hydrogen) atoms. The molecule has 0 unspecified atom stereocenters. The van der Waals surface area contributed by atoms with Crippen LogP contribution in [-0.4, -0.2) is 46.8 Å². The second-order valence-corrected chi connectivity index (χ2v) is 7.88. The number of nitrogens with two attached hydrogens (primary N) is 1. The largest absolute Gasteiger partial charge is 0.463 e. The molecule has 2 N–H and O–H groups in total. The summed E-state index contributed by atoms with van der Waals surface area (Å²) in [4.78, 5) is 26.5. The third-order valence-corrected chi connectivity index (χ3v) is 5.69. The number of carbonyl (C=O) groups excluding carboxylic acids is 1. The Kier molecular flexibility index (Phi) is 6.21. The van der Waals surface area contributed by atoms with Crippen molar-refractivity contribution in [1.82, 2.24) is 14.9 Å². The number of ether oxygens (including phenoxy) is 1. The maximum Gasteiger partial charge on any atom is 0.316 e. The molecule has 2 aromatic rings. The Morgan fingerprint density at radius 2 is 1.97 bits per heavy atom. The molecule has 1 saturated heterocycles. The van der Waals surface area contributed by atoms with E-state index in [4.69, 9.17) is 10.5 Å². The lowest BCUT2D eigenvalue weighted by Crippen LogP contribution is -2.40. The van der Waals surface area contributed by atoms with Gasteiger partial charge in [0, 0.05) is 48.1 Å². The molecular weight excluding hydrogens is 385 g/mol. The van der Waals surface area contributed by atoms with Crippen molar-refractivity contribution in [3.63, 3.8) is 0 Å². The third-order valence-electron chi connectivity index (χ3n) is 5.69. The first-order valence-electron chi connectivity index (χ1n) is 10.4. The number of hydrogen-bond donors (Lipinski definition) is 1. The number of nitrogens with zero attached hydrogens (tertiary/aromatic N) is 4. The maximum atomic E-state index is 14.7. The van der Waals surface area contributed by atoms with Crippen LogP contribution < -0.4 is 10.5 Å². The highest BCUT2D eigenvalue weighted by atomic mass is 19.1. The first-order chi connectivity index (χ1) is 14.7. The van der Waals surface area contributed by atoms with Gasteiger partial charge in [-0.05, 0) is 31.6 Å². The van der Waals surface area contributed by atoms with E-state index in [0.717, 1.165) is 45.1 Å². The van der Waals surface area contributed by atoms with Crippen molar-refractivity contribution in [1.29, 1.82) is 0 Å².